The Morgan fingerprint density at radius 2 is 2.10 bits per heavy atom. The molecule has 2 amide bonds. The highest BCUT2D eigenvalue weighted by Crippen LogP contribution is 2.20. The van der Waals surface area contributed by atoms with Crippen molar-refractivity contribution in [3.05, 3.63) is 24.0 Å². The Balaban J connectivity index is 2.65. The van der Waals surface area contributed by atoms with Crippen molar-refractivity contribution < 1.29 is 28.9 Å². The average Bonchev–Trinajstić information content (AvgIpc) is 2.39. The first-order chi connectivity index (χ1) is 9.26. The molecule has 1 unspecified atom stereocenters. The van der Waals surface area contributed by atoms with Gasteiger partial charge in [-0.2, -0.15) is 0 Å². The van der Waals surface area contributed by atoms with Gasteiger partial charge in [-0.05, 0) is 19.1 Å². The van der Waals surface area contributed by atoms with Gasteiger partial charge in [0.15, 0.2) is 5.60 Å². The molecule has 0 aromatic heterocycles. The van der Waals surface area contributed by atoms with Gasteiger partial charge in [0.05, 0.1) is 19.3 Å². The molecule has 0 aliphatic carbocycles. The van der Waals surface area contributed by atoms with Crippen LogP contribution in [0.5, 0.6) is 5.75 Å². The number of carbonyl (C=O) groups is 2. The van der Waals surface area contributed by atoms with Crippen LogP contribution in [-0.2, 0) is 4.79 Å². The molecule has 1 aromatic carbocycles. The van der Waals surface area contributed by atoms with E-state index in [1.54, 1.807) is 0 Å². The SMILES string of the molecule is COc1ccc(F)c(NC(=O)NCC(C)(O)C(=O)O)c1. The zero-order chi connectivity index (χ0) is 15.3. The van der Waals surface area contributed by atoms with Crippen molar-refractivity contribution in [2.45, 2.75) is 12.5 Å². The smallest absolute Gasteiger partial charge is 0.337 e. The van der Waals surface area contributed by atoms with E-state index in [1.165, 1.54) is 19.2 Å². The van der Waals surface area contributed by atoms with Gasteiger partial charge >= 0.3 is 12.0 Å². The van der Waals surface area contributed by atoms with Crippen molar-refractivity contribution >= 4 is 17.7 Å². The first-order valence-electron chi connectivity index (χ1n) is 5.60. The molecule has 20 heavy (non-hydrogen) atoms. The summed E-state index contributed by atoms with van der Waals surface area (Å²) < 4.78 is 18.3. The summed E-state index contributed by atoms with van der Waals surface area (Å²) in [5.74, 6) is -1.81. The Hall–Kier alpha value is -2.35. The summed E-state index contributed by atoms with van der Waals surface area (Å²) in [5.41, 5.74) is -2.23. The Morgan fingerprint density at radius 1 is 1.45 bits per heavy atom. The van der Waals surface area contributed by atoms with Crippen LogP contribution in [0, 0.1) is 5.82 Å². The van der Waals surface area contributed by atoms with E-state index in [0.29, 0.717) is 5.75 Å². The fraction of sp³-hybridized carbons (Fsp3) is 0.333. The Morgan fingerprint density at radius 3 is 2.65 bits per heavy atom. The number of aliphatic carboxylic acids is 1. The van der Waals surface area contributed by atoms with Gasteiger partial charge in [0.25, 0.3) is 0 Å². The van der Waals surface area contributed by atoms with Gasteiger partial charge in [-0.25, -0.2) is 14.0 Å². The maximum absolute atomic E-state index is 13.4. The summed E-state index contributed by atoms with van der Waals surface area (Å²) in [6.45, 7) is 0.501. The summed E-state index contributed by atoms with van der Waals surface area (Å²) in [6.07, 6.45) is 0. The summed E-state index contributed by atoms with van der Waals surface area (Å²) in [6, 6.07) is 2.92. The summed E-state index contributed by atoms with van der Waals surface area (Å²) in [4.78, 5) is 22.1. The van der Waals surface area contributed by atoms with Crippen LogP contribution < -0.4 is 15.4 Å². The number of ether oxygens (including phenoxy) is 1. The zero-order valence-electron chi connectivity index (χ0n) is 10.9. The lowest BCUT2D eigenvalue weighted by atomic mass is 10.1. The van der Waals surface area contributed by atoms with Gasteiger partial charge in [-0.15, -0.1) is 0 Å². The molecule has 1 atom stereocenters. The molecule has 4 N–H and O–H groups in total. The van der Waals surface area contributed by atoms with Crippen LogP contribution in [0.15, 0.2) is 18.2 Å². The second-order valence-electron chi connectivity index (χ2n) is 4.23. The topological polar surface area (TPSA) is 108 Å². The number of aliphatic hydroxyl groups is 1. The number of carboxylic acid groups (broad SMARTS) is 1. The van der Waals surface area contributed by atoms with E-state index >= 15 is 0 Å². The molecule has 0 spiro atoms. The number of rotatable bonds is 5. The summed E-state index contributed by atoms with van der Waals surface area (Å²) >= 11 is 0. The molecule has 0 saturated heterocycles. The van der Waals surface area contributed by atoms with Crippen LogP contribution in [0.1, 0.15) is 6.92 Å². The predicted molar refractivity (Wildman–Crippen MR) is 68.2 cm³/mol. The minimum Gasteiger partial charge on any atom is -0.497 e. The van der Waals surface area contributed by atoms with E-state index in [2.05, 4.69) is 10.6 Å². The molecular formula is C12H15FN2O5. The number of hydrogen-bond acceptors (Lipinski definition) is 4. The first-order valence-corrected chi connectivity index (χ1v) is 5.60. The maximum atomic E-state index is 13.4. The number of nitrogens with one attached hydrogen (secondary N) is 2. The van der Waals surface area contributed by atoms with Crippen LogP contribution in [0.25, 0.3) is 0 Å². The molecule has 0 aliphatic heterocycles. The Bertz CT molecular complexity index is 519. The largest absolute Gasteiger partial charge is 0.497 e. The maximum Gasteiger partial charge on any atom is 0.337 e. The van der Waals surface area contributed by atoms with E-state index in [0.717, 1.165) is 13.0 Å². The van der Waals surface area contributed by atoms with E-state index in [4.69, 9.17) is 9.84 Å². The molecule has 7 nitrogen and oxygen atoms in total. The molecule has 110 valence electrons. The van der Waals surface area contributed by atoms with E-state index < -0.39 is 30.0 Å². The van der Waals surface area contributed by atoms with Gasteiger partial charge in [0.1, 0.15) is 11.6 Å². The quantitative estimate of drug-likeness (QED) is 0.640. The number of urea groups is 1. The molecule has 0 heterocycles. The zero-order valence-corrected chi connectivity index (χ0v) is 10.9. The minimum absolute atomic E-state index is 0.128. The Kier molecular flexibility index (Phi) is 4.87. The number of carbonyl (C=O) groups excluding carboxylic acids is 1. The van der Waals surface area contributed by atoms with Crippen molar-refractivity contribution in [3.8, 4) is 5.75 Å². The van der Waals surface area contributed by atoms with Gasteiger partial charge < -0.3 is 25.6 Å². The lowest BCUT2D eigenvalue weighted by Crippen LogP contribution is -2.47. The highest BCUT2D eigenvalue weighted by molar-refractivity contribution is 5.90. The van der Waals surface area contributed by atoms with Gasteiger partial charge in [0, 0.05) is 6.07 Å². The highest BCUT2D eigenvalue weighted by atomic mass is 19.1. The van der Waals surface area contributed by atoms with Crippen molar-refractivity contribution in [1.29, 1.82) is 0 Å². The van der Waals surface area contributed by atoms with Gasteiger partial charge in [-0.1, -0.05) is 0 Å². The average molecular weight is 286 g/mol. The number of halogens is 1. The second-order valence-corrected chi connectivity index (χ2v) is 4.23. The van der Waals surface area contributed by atoms with Crippen molar-refractivity contribution in [1.82, 2.24) is 5.32 Å². The van der Waals surface area contributed by atoms with Crippen molar-refractivity contribution in [2.75, 3.05) is 19.0 Å². The molecule has 1 rings (SSSR count). The van der Waals surface area contributed by atoms with Crippen molar-refractivity contribution in [2.24, 2.45) is 0 Å². The number of anilines is 1. The third-order valence-corrected chi connectivity index (χ3v) is 2.48. The van der Waals surface area contributed by atoms with E-state index in [9.17, 15) is 19.1 Å². The molecule has 0 fully saturated rings. The molecule has 0 aliphatic rings. The third-order valence-electron chi connectivity index (χ3n) is 2.48. The Labute approximate surface area is 114 Å². The molecule has 1 aromatic rings. The van der Waals surface area contributed by atoms with E-state index in [1.807, 2.05) is 0 Å². The number of benzene rings is 1. The monoisotopic (exact) mass is 286 g/mol. The van der Waals surface area contributed by atoms with Crippen LogP contribution >= 0.6 is 0 Å². The van der Waals surface area contributed by atoms with Crippen LogP contribution in [-0.4, -0.2) is 41.5 Å². The number of methoxy groups -OCH3 is 1. The number of hydrogen-bond donors (Lipinski definition) is 4. The molecule has 8 heteroatoms. The molecule has 0 radical (unpaired) electrons. The second kappa shape index (κ2) is 6.20. The van der Waals surface area contributed by atoms with Crippen LogP contribution in [0.2, 0.25) is 0 Å². The third kappa shape index (κ3) is 4.09. The molecular weight excluding hydrogens is 271 g/mol. The molecule has 0 saturated carbocycles. The summed E-state index contributed by atoms with van der Waals surface area (Å²) in [7, 11) is 1.39. The lowest BCUT2D eigenvalue weighted by molar-refractivity contribution is -0.155. The minimum atomic E-state index is -2.11. The van der Waals surface area contributed by atoms with Crippen LogP contribution in [0.4, 0.5) is 14.9 Å². The van der Waals surface area contributed by atoms with Crippen molar-refractivity contribution in [3.63, 3.8) is 0 Å². The summed E-state index contributed by atoms with van der Waals surface area (Å²) in [5, 5.41) is 22.4. The van der Waals surface area contributed by atoms with Crippen LogP contribution in [0.3, 0.4) is 0 Å². The van der Waals surface area contributed by atoms with Gasteiger partial charge in [-0.3, -0.25) is 0 Å². The number of amides is 2. The first kappa shape index (κ1) is 15.7. The normalized spacial score (nSPS) is 13.2. The fourth-order valence-corrected chi connectivity index (χ4v) is 1.22. The van der Waals surface area contributed by atoms with E-state index in [-0.39, 0.29) is 5.69 Å². The lowest BCUT2D eigenvalue weighted by Gasteiger charge is -2.18. The highest BCUT2D eigenvalue weighted by Gasteiger charge is 2.30. The standard InChI is InChI=1S/C12H15FN2O5/c1-12(19,10(16)17)6-14-11(18)15-9-5-7(20-2)3-4-8(9)13/h3-5,19H,6H2,1-2H3,(H,16,17)(H2,14,15,18). The fourth-order valence-electron chi connectivity index (χ4n) is 1.22. The molecule has 0 bridgehead atoms. The predicted octanol–water partition coefficient (Wildman–Crippen LogP) is 0.791. The van der Waals surface area contributed by atoms with Gasteiger partial charge in [0.2, 0.25) is 0 Å². The number of carboxylic acids is 1.